The molecule has 1 aliphatic heterocycles. The van der Waals surface area contributed by atoms with E-state index in [1.54, 1.807) is 12.1 Å². The molecule has 0 unspecified atom stereocenters. The molecular weight excluding hydrogens is 256 g/mol. The third-order valence-corrected chi connectivity index (χ3v) is 4.58. The molecule has 5 heteroatoms. The zero-order chi connectivity index (χ0) is 13.7. The van der Waals surface area contributed by atoms with Gasteiger partial charge in [-0.25, -0.2) is 0 Å². The van der Waals surface area contributed by atoms with E-state index in [-0.39, 0.29) is 35.5 Å². The molecule has 2 heterocycles. The molecule has 2 bridgehead atoms. The highest BCUT2D eigenvalue weighted by Crippen LogP contribution is 2.49. The average molecular weight is 270 g/mol. The van der Waals surface area contributed by atoms with E-state index in [1.807, 2.05) is 0 Å². The first kappa shape index (κ1) is 11.6. The van der Waals surface area contributed by atoms with Gasteiger partial charge in [0.25, 0.3) is 11.8 Å². The molecule has 4 aliphatic rings. The van der Waals surface area contributed by atoms with E-state index < -0.39 is 0 Å². The van der Waals surface area contributed by atoms with Gasteiger partial charge in [-0.05, 0) is 36.8 Å². The standard InChI is InChI=1S/C15H14N2O3/c18-14-12-9-3-4-10(6-5-9)13(12)15(19)17(14)16-8-11-2-1-7-20-11/h1-4,7-10,12-13H,5-6H2/b16-8-/t9-,10-,12-,13-/m1/s1. The Labute approximate surface area is 115 Å². The fourth-order valence-corrected chi connectivity index (χ4v) is 3.65. The van der Waals surface area contributed by atoms with Crippen LogP contribution in [0.1, 0.15) is 18.6 Å². The highest BCUT2D eigenvalue weighted by molar-refractivity contribution is 6.06. The summed E-state index contributed by atoms with van der Waals surface area (Å²) in [6.45, 7) is 0. The van der Waals surface area contributed by atoms with Crippen LogP contribution in [0.3, 0.4) is 0 Å². The summed E-state index contributed by atoms with van der Waals surface area (Å²) in [5.41, 5.74) is 0. The zero-order valence-electron chi connectivity index (χ0n) is 10.8. The predicted octanol–water partition coefficient (Wildman–Crippen LogP) is 1.81. The van der Waals surface area contributed by atoms with Gasteiger partial charge in [-0.2, -0.15) is 10.1 Å². The van der Waals surface area contributed by atoms with E-state index >= 15 is 0 Å². The Balaban J connectivity index is 1.64. The summed E-state index contributed by atoms with van der Waals surface area (Å²) in [6.07, 6.45) is 9.13. The quantitative estimate of drug-likeness (QED) is 0.468. The number of carbonyl (C=O) groups excluding carboxylic acids is 2. The lowest BCUT2D eigenvalue weighted by atomic mass is 9.63. The number of hydrogen-bond donors (Lipinski definition) is 0. The lowest BCUT2D eigenvalue weighted by molar-refractivity contribution is -0.140. The van der Waals surface area contributed by atoms with Crippen LogP contribution in [-0.4, -0.2) is 23.0 Å². The molecule has 1 saturated carbocycles. The van der Waals surface area contributed by atoms with Crippen molar-refractivity contribution in [2.75, 3.05) is 0 Å². The number of hydrogen-bond acceptors (Lipinski definition) is 4. The highest BCUT2D eigenvalue weighted by Gasteiger charge is 2.56. The van der Waals surface area contributed by atoms with E-state index in [0.29, 0.717) is 5.76 Å². The molecule has 1 aromatic heterocycles. The zero-order valence-corrected chi connectivity index (χ0v) is 10.8. The average Bonchev–Trinajstić information content (AvgIpc) is 3.08. The van der Waals surface area contributed by atoms with E-state index in [0.717, 1.165) is 17.9 Å². The number of amides is 2. The second kappa shape index (κ2) is 4.16. The number of carbonyl (C=O) groups is 2. The molecule has 2 fully saturated rings. The van der Waals surface area contributed by atoms with E-state index in [4.69, 9.17) is 4.42 Å². The van der Waals surface area contributed by atoms with Crippen LogP contribution in [0.2, 0.25) is 0 Å². The maximum atomic E-state index is 12.4. The molecule has 4 atom stereocenters. The fraction of sp³-hybridized carbons (Fsp3) is 0.400. The maximum absolute atomic E-state index is 12.4. The number of furan rings is 1. The Morgan fingerprint density at radius 1 is 1.15 bits per heavy atom. The van der Waals surface area contributed by atoms with Crippen LogP contribution in [0.25, 0.3) is 0 Å². The van der Waals surface area contributed by atoms with Crippen LogP contribution >= 0.6 is 0 Å². The fourth-order valence-electron chi connectivity index (χ4n) is 3.65. The van der Waals surface area contributed by atoms with Crippen LogP contribution in [0, 0.1) is 23.7 Å². The Morgan fingerprint density at radius 2 is 1.80 bits per heavy atom. The van der Waals surface area contributed by atoms with Crippen molar-refractivity contribution < 1.29 is 14.0 Å². The van der Waals surface area contributed by atoms with Gasteiger partial charge in [0.15, 0.2) is 0 Å². The Hall–Kier alpha value is -2.17. The van der Waals surface area contributed by atoms with Crippen molar-refractivity contribution in [1.82, 2.24) is 5.01 Å². The molecule has 1 aromatic rings. The number of imide groups is 1. The first-order chi connectivity index (χ1) is 9.75. The van der Waals surface area contributed by atoms with Crippen molar-refractivity contribution >= 4 is 18.0 Å². The van der Waals surface area contributed by atoms with Gasteiger partial charge in [-0.1, -0.05) is 12.2 Å². The van der Waals surface area contributed by atoms with Crippen LogP contribution in [0.15, 0.2) is 40.1 Å². The summed E-state index contributed by atoms with van der Waals surface area (Å²) in [5.74, 6) is 0.181. The van der Waals surface area contributed by atoms with E-state index in [9.17, 15) is 9.59 Å². The Kier molecular flexibility index (Phi) is 2.42. The van der Waals surface area contributed by atoms with Crippen LogP contribution in [0.5, 0.6) is 0 Å². The van der Waals surface area contributed by atoms with Crippen molar-refractivity contribution in [2.24, 2.45) is 28.8 Å². The van der Waals surface area contributed by atoms with E-state index in [2.05, 4.69) is 17.3 Å². The molecule has 0 radical (unpaired) electrons. The number of hydrazone groups is 1. The van der Waals surface area contributed by atoms with Crippen LogP contribution < -0.4 is 0 Å². The van der Waals surface area contributed by atoms with Gasteiger partial charge >= 0.3 is 0 Å². The summed E-state index contributed by atoms with van der Waals surface area (Å²) < 4.78 is 5.13. The lowest BCUT2D eigenvalue weighted by Gasteiger charge is -2.37. The Bertz CT molecular complexity index is 585. The number of nitrogens with zero attached hydrogens (tertiary/aromatic N) is 2. The van der Waals surface area contributed by atoms with Crippen molar-refractivity contribution in [3.05, 3.63) is 36.3 Å². The van der Waals surface area contributed by atoms with Crippen molar-refractivity contribution in [3.63, 3.8) is 0 Å². The summed E-state index contributed by atoms with van der Waals surface area (Å²) in [6, 6.07) is 3.46. The van der Waals surface area contributed by atoms with Gasteiger partial charge in [0, 0.05) is 0 Å². The minimum absolute atomic E-state index is 0.165. The second-order valence-electron chi connectivity index (χ2n) is 5.59. The molecule has 2 amide bonds. The molecule has 5 nitrogen and oxygen atoms in total. The largest absolute Gasteiger partial charge is 0.463 e. The minimum Gasteiger partial charge on any atom is -0.463 e. The monoisotopic (exact) mass is 270 g/mol. The number of allylic oxidation sites excluding steroid dienone is 2. The smallest absolute Gasteiger partial charge is 0.254 e. The van der Waals surface area contributed by atoms with Gasteiger partial charge in [-0.3, -0.25) is 9.59 Å². The normalized spacial score (nSPS) is 35.3. The molecule has 0 N–H and O–H groups in total. The first-order valence-electron chi connectivity index (χ1n) is 6.89. The van der Waals surface area contributed by atoms with E-state index in [1.165, 1.54) is 12.5 Å². The molecule has 5 rings (SSSR count). The lowest BCUT2D eigenvalue weighted by Crippen LogP contribution is -2.38. The van der Waals surface area contributed by atoms with Crippen LogP contribution in [-0.2, 0) is 9.59 Å². The van der Waals surface area contributed by atoms with Gasteiger partial charge in [0.05, 0.1) is 24.3 Å². The van der Waals surface area contributed by atoms with Crippen molar-refractivity contribution in [1.29, 1.82) is 0 Å². The molecule has 1 saturated heterocycles. The minimum atomic E-state index is -0.208. The third-order valence-electron chi connectivity index (χ3n) is 4.58. The molecule has 0 aromatic carbocycles. The summed E-state index contributed by atoms with van der Waals surface area (Å²) in [7, 11) is 0. The maximum Gasteiger partial charge on any atom is 0.254 e. The molecule has 0 spiro atoms. The predicted molar refractivity (Wildman–Crippen MR) is 70.5 cm³/mol. The van der Waals surface area contributed by atoms with Crippen molar-refractivity contribution in [2.45, 2.75) is 12.8 Å². The SMILES string of the molecule is O=C1[C@H]2[C@H](C(=O)N1/N=C\c1ccco1)[C@@H]1C=C[C@@H]2CC1. The Morgan fingerprint density at radius 3 is 2.30 bits per heavy atom. The summed E-state index contributed by atoms with van der Waals surface area (Å²) in [5, 5.41) is 5.07. The number of rotatable bonds is 2. The van der Waals surface area contributed by atoms with Gasteiger partial charge in [0.2, 0.25) is 0 Å². The molecule has 102 valence electrons. The highest BCUT2D eigenvalue weighted by atomic mass is 16.3. The topological polar surface area (TPSA) is 62.9 Å². The van der Waals surface area contributed by atoms with Crippen LogP contribution in [0.4, 0.5) is 0 Å². The van der Waals surface area contributed by atoms with Crippen molar-refractivity contribution in [3.8, 4) is 0 Å². The molecule has 3 aliphatic carbocycles. The number of fused-ring (bicyclic) bond motifs is 1. The first-order valence-corrected chi connectivity index (χ1v) is 6.89. The van der Waals surface area contributed by atoms with Gasteiger partial charge in [-0.15, -0.1) is 0 Å². The van der Waals surface area contributed by atoms with Gasteiger partial charge < -0.3 is 4.42 Å². The summed E-state index contributed by atoms with van der Waals surface area (Å²) >= 11 is 0. The summed E-state index contributed by atoms with van der Waals surface area (Å²) in [4.78, 5) is 24.9. The third kappa shape index (κ3) is 1.52. The molecule has 20 heavy (non-hydrogen) atoms. The second-order valence-corrected chi connectivity index (χ2v) is 5.59. The molecular formula is C15H14N2O3. The van der Waals surface area contributed by atoms with Gasteiger partial charge in [0.1, 0.15) is 5.76 Å².